The van der Waals surface area contributed by atoms with Gasteiger partial charge in [0.15, 0.2) is 5.78 Å². The summed E-state index contributed by atoms with van der Waals surface area (Å²) in [6.07, 6.45) is 2.43. The third-order valence-corrected chi connectivity index (χ3v) is 4.08. The number of carbonyl (C=O) groups is 2. The minimum atomic E-state index is -1.04. The lowest BCUT2D eigenvalue weighted by atomic mass is 9.85. The van der Waals surface area contributed by atoms with E-state index >= 15 is 0 Å². The molecule has 0 radical (unpaired) electrons. The van der Waals surface area contributed by atoms with Crippen molar-refractivity contribution >= 4 is 17.4 Å². The van der Waals surface area contributed by atoms with E-state index in [2.05, 4.69) is 25.2 Å². The molecule has 2 N–H and O–H groups in total. The van der Waals surface area contributed by atoms with Crippen molar-refractivity contribution < 1.29 is 14.7 Å². The third kappa shape index (κ3) is 3.23. The third-order valence-electron chi connectivity index (χ3n) is 4.08. The van der Waals surface area contributed by atoms with Crippen LogP contribution in [0.1, 0.15) is 45.7 Å². The Morgan fingerprint density at radius 3 is 2.54 bits per heavy atom. The van der Waals surface area contributed by atoms with Crippen molar-refractivity contribution in [3.63, 3.8) is 0 Å². The van der Waals surface area contributed by atoms with Crippen molar-refractivity contribution in [2.45, 2.75) is 25.8 Å². The molecule has 0 saturated heterocycles. The maximum atomic E-state index is 12.6. The lowest BCUT2D eigenvalue weighted by Gasteiger charge is -2.35. The highest BCUT2D eigenvalue weighted by molar-refractivity contribution is 6.09. The maximum absolute atomic E-state index is 12.6. The molecule has 0 aliphatic carbocycles. The molecule has 1 aliphatic heterocycles. The fourth-order valence-electron chi connectivity index (χ4n) is 3.02. The minimum Gasteiger partial charge on any atom is -0.478 e. The summed E-state index contributed by atoms with van der Waals surface area (Å²) >= 11 is 0. The highest BCUT2D eigenvalue weighted by Crippen LogP contribution is 2.29. The van der Waals surface area contributed by atoms with Gasteiger partial charge < -0.3 is 10.4 Å². The summed E-state index contributed by atoms with van der Waals surface area (Å²) < 4.78 is 0. The van der Waals surface area contributed by atoms with Crippen LogP contribution < -0.4 is 5.32 Å². The maximum Gasteiger partial charge on any atom is 0.335 e. The number of carboxylic acid groups (broad SMARTS) is 1. The molecule has 0 aromatic heterocycles. The van der Waals surface area contributed by atoms with E-state index in [1.54, 1.807) is 18.2 Å². The fraction of sp³-hybridized carbons (Fsp3) is 0.200. The van der Waals surface area contributed by atoms with Crippen molar-refractivity contribution in [2.24, 2.45) is 0 Å². The molecule has 4 nitrogen and oxygen atoms in total. The Hall–Kier alpha value is -2.88. The summed E-state index contributed by atoms with van der Waals surface area (Å²) in [6, 6.07) is 14.1. The number of carbonyl (C=O) groups excluding carboxylic acids is 1. The molecule has 0 saturated carbocycles. The van der Waals surface area contributed by atoms with E-state index in [1.807, 2.05) is 18.2 Å². The van der Waals surface area contributed by atoms with Crippen LogP contribution in [0.4, 0.5) is 0 Å². The number of allylic oxidation sites excluding steroid dienone is 1. The Balaban J connectivity index is 2.00. The van der Waals surface area contributed by atoms with Gasteiger partial charge in [-0.25, -0.2) is 4.79 Å². The Bertz CT molecular complexity index is 849. The second-order valence-corrected chi connectivity index (χ2v) is 6.65. The molecule has 2 aromatic carbocycles. The SMILES string of the molecule is CC1(C)Cc2ccccc2C(=CC(=O)c2cccc(C(=O)O)c2)N1. The van der Waals surface area contributed by atoms with Crippen LogP contribution in [0.25, 0.3) is 5.70 Å². The number of hydrogen-bond donors (Lipinski definition) is 2. The summed E-state index contributed by atoms with van der Waals surface area (Å²) in [5, 5.41) is 12.5. The Morgan fingerprint density at radius 2 is 1.79 bits per heavy atom. The summed E-state index contributed by atoms with van der Waals surface area (Å²) in [5.41, 5.74) is 3.30. The molecule has 2 aromatic rings. The predicted octanol–water partition coefficient (Wildman–Crippen LogP) is 3.53. The van der Waals surface area contributed by atoms with Gasteiger partial charge in [0.05, 0.1) is 5.56 Å². The molecular formula is C20H19NO3. The van der Waals surface area contributed by atoms with Gasteiger partial charge in [-0.1, -0.05) is 36.4 Å². The van der Waals surface area contributed by atoms with Gasteiger partial charge in [-0.2, -0.15) is 0 Å². The number of ketones is 1. The van der Waals surface area contributed by atoms with Gasteiger partial charge in [-0.15, -0.1) is 0 Å². The lowest BCUT2D eigenvalue weighted by molar-refractivity contribution is 0.0697. The predicted molar refractivity (Wildman–Crippen MR) is 93.1 cm³/mol. The standard InChI is InChI=1S/C20H19NO3/c1-20(2)12-15-6-3-4-9-16(15)17(21-20)11-18(22)13-7-5-8-14(10-13)19(23)24/h3-11,21H,12H2,1-2H3,(H,23,24). The van der Waals surface area contributed by atoms with Gasteiger partial charge in [0, 0.05) is 28.4 Å². The second-order valence-electron chi connectivity index (χ2n) is 6.65. The molecule has 0 atom stereocenters. The van der Waals surface area contributed by atoms with Crippen LogP contribution in [-0.2, 0) is 6.42 Å². The Kier molecular flexibility index (Phi) is 3.97. The Labute approximate surface area is 140 Å². The normalized spacial score (nSPS) is 17.0. The van der Waals surface area contributed by atoms with Crippen molar-refractivity contribution in [1.82, 2.24) is 5.32 Å². The first-order valence-corrected chi connectivity index (χ1v) is 7.82. The Morgan fingerprint density at radius 1 is 1.08 bits per heavy atom. The zero-order chi connectivity index (χ0) is 17.3. The molecule has 1 aliphatic rings. The van der Waals surface area contributed by atoms with Gasteiger partial charge in [-0.05, 0) is 38.0 Å². The number of aromatic carboxylic acids is 1. The molecule has 4 heteroatoms. The average Bonchev–Trinajstić information content (AvgIpc) is 2.54. The second kappa shape index (κ2) is 5.96. The average molecular weight is 321 g/mol. The largest absolute Gasteiger partial charge is 0.478 e. The van der Waals surface area contributed by atoms with Crippen LogP contribution in [0.3, 0.4) is 0 Å². The number of nitrogens with one attached hydrogen (secondary N) is 1. The molecule has 3 rings (SSSR count). The minimum absolute atomic E-state index is 0.108. The first-order valence-electron chi connectivity index (χ1n) is 7.82. The van der Waals surface area contributed by atoms with E-state index in [1.165, 1.54) is 17.7 Å². The number of fused-ring (bicyclic) bond motifs is 1. The lowest BCUT2D eigenvalue weighted by Crippen LogP contribution is -2.43. The summed E-state index contributed by atoms with van der Waals surface area (Å²) in [5.74, 6) is -1.26. The van der Waals surface area contributed by atoms with Crippen molar-refractivity contribution in [2.75, 3.05) is 0 Å². The first-order chi connectivity index (χ1) is 11.4. The molecule has 0 unspecified atom stereocenters. The molecule has 0 amide bonds. The fourth-order valence-corrected chi connectivity index (χ4v) is 3.02. The molecule has 0 bridgehead atoms. The highest BCUT2D eigenvalue weighted by atomic mass is 16.4. The molecule has 24 heavy (non-hydrogen) atoms. The quantitative estimate of drug-likeness (QED) is 0.670. The highest BCUT2D eigenvalue weighted by Gasteiger charge is 2.27. The van der Waals surface area contributed by atoms with Crippen LogP contribution >= 0.6 is 0 Å². The summed E-state index contributed by atoms with van der Waals surface area (Å²) in [4.78, 5) is 23.7. The van der Waals surface area contributed by atoms with Gasteiger partial charge in [-0.3, -0.25) is 4.79 Å². The van der Waals surface area contributed by atoms with Crippen LogP contribution in [0.5, 0.6) is 0 Å². The molecule has 122 valence electrons. The summed E-state index contributed by atoms with van der Waals surface area (Å²) in [6.45, 7) is 4.18. The number of benzene rings is 2. The smallest absolute Gasteiger partial charge is 0.335 e. The van der Waals surface area contributed by atoms with Crippen molar-refractivity contribution in [3.05, 3.63) is 76.9 Å². The van der Waals surface area contributed by atoms with Crippen molar-refractivity contribution in [3.8, 4) is 0 Å². The molecule has 1 heterocycles. The van der Waals surface area contributed by atoms with E-state index in [0.29, 0.717) is 5.56 Å². The van der Waals surface area contributed by atoms with Gasteiger partial charge in [0.2, 0.25) is 0 Å². The van der Waals surface area contributed by atoms with E-state index in [0.717, 1.165) is 17.7 Å². The number of hydrogen-bond acceptors (Lipinski definition) is 3. The van der Waals surface area contributed by atoms with Crippen LogP contribution in [0, 0.1) is 0 Å². The van der Waals surface area contributed by atoms with Crippen LogP contribution in [-0.4, -0.2) is 22.4 Å². The number of carboxylic acids is 1. The van der Waals surface area contributed by atoms with E-state index in [-0.39, 0.29) is 16.9 Å². The topological polar surface area (TPSA) is 66.4 Å². The monoisotopic (exact) mass is 321 g/mol. The van der Waals surface area contributed by atoms with Crippen LogP contribution in [0.15, 0.2) is 54.6 Å². The van der Waals surface area contributed by atoms with E-state index in [9.17, 15) is 9.59 Å². The zero-order valence-corrected chi connectivity index (χ0v) is 13.7. The zero-order valence-electron chi connectivity index (χ0n) is 13.7. The molecule has 0 spiro atoms. The molecule has 0 fully saturated rings. The van der Waals surface area contributed by atoms with E-state index in [4.69, 9.17) is 5.11 Å². The van der Waals surface area contributed by atoms with Gasteiger partial charge >= 0.3 is 5.97 Å². The van der Waals surface area contributed by atoms with Gasteiger partial charge in [0.1, 0.15) is 0 Å². The van der Waals surface area contributed by atoms with Crippen LogP contribution in [0.2, 0.25) is 0 Å². The molecular weight excluding hydrogens is 302 g/mol. The number of rotatable bonds is 3. The first kappa shape index (κ1) is 16.0. The summed E-state index contributed by atoms with van der Waals surface area (Å²) in [7, 11) is 0. The van der Waals surface area contributed by atoms with Crippen molar-refractivity contribution in [1.29, 1.82) is 0 Å². The van der Waals surface area contributed by atoms with E-state index < -0.39 is 5.97 Å². The van der Waals surface area contributed by atoms with Gasteiger partial charge in [0.25, 0.3) is 0 Å².